The number of amides is 2. The summed E-state index contributed by atoms with van der Waals surface area (Å²) in [5.74, 6) is -2.33. The topological polar surface area (TPSA) is 142 Å². The van der Waals surface area contributed by atoms with Gasteiger partial charge in [0.1, 0.15) is 6.04 Å². The van der Waals surface area contributed by atoms with E-state index in [1.807, 2.05) is 19.9 Å². The van der Waals surface area contributed by atoms with E-state index in [-0.39, 0.29) is 12.3 Å². The third kappa shape index (κ3) is 7.76. The molecule has 6 N–H and O–H groups in total. The molecule has 0 heterocycles. The number of nitrogens with two attached hydrogens (primary N) is 1. The van der Waals surface area contributed by atoms with Gasteiger partial charge >= 0.3 is 5.97 Å². The highest BCUT2D eigenvalue weighted by Crippen LogP contribution is 2.07. The largest absolute Gasteiger partial charge is 0.480 e. The van der Waals surface area contributed by atoms with Crippen molar-refractivity contribution in [3.8, 4) is 0 Å². The van der Waals surface area contributed by atoms with Gasteiger partial charge in [-0.15, -0.1) is 0 Å². The number of rotatable bonds is 10. The van der Waals surface area contributed by atoms with Crippen molar-refractivity contribution >= 4 is 17.8 Å². The van der Waals surface area contributed by atoms with Crippen LogP contribution in [0.25, 0.3) is 0 Å². The van der Waals surface area contributed by atoms with Crippen molar-refractivity contribution < 1.29 is 24.6 Å². The maximum atomic E-state index is 12.6. The zero-order valence-electron chi connectivity index (χ0n) is 15.9. The first-order chi connectivity index (χ1) is 12.6. The lowest BCUT2D eigenvalue weighted by Crippen LogP contribution is -2.57. The van der Waals surface area contributed by atoms with Crippen molar-refractivity contribution in [1.29, 1.82) is 0 Å². The monoisotopic (exact) mass is 379 g/mol. The van der Waals surface area contributed by atoms with Crippen LogP contribution in [0, 0.1) is 5.92 Å². The number of carboxylic acids is 1. The van der Waals surface area contributed by atoms with Crippen LogP contribution in [0.3, 0.4) is 0 Å². The van der Waals surface area contributed by atoms with Gasteiger partial charge in [-0.05, 0) is 24.8 Å². The number of aliphatic hydroxyl groups is 1. The molecule has 0 fully saturated rings. The third-order valence-corrected chi connectivity index (χ3v) is 4.02. The Morgan fingerprint density at radius 2 is 1.63 bits per heavy atom. The van der Waals surface area contributed by atoms with Crippen molar-refractivity contribution in [1.82, 2.24) is 10.6 Å². The van der Waals surface area contributed by atoms with Gasteiger partial charge in [0.2, 0.25) is 11.8 Å². The molecular weight excluding hydrogens is 350 g/mol. The molecule has 27 heavy (non-hydrogen) atoms. The van der Waals surface area contributed by atoms with Crippen molar-refractivity contribution in [3.63, 3.8) is 0 Å². The molecule has 0 aliphatic carbocycles. The lowest BCUT2D eigenvalue weighted by atomic mass is 10.0. The predicted molar refractivity (Wildman–Crippen MR) is 101 cm³/mol. The Morgan fingerprint density at radius 3 is 2.11 bits per heavy atom. The van der Waals surface area contributed by atoms with Gasteiger partial charge in [-0.25, -0.2) is 4.79 Å². The van der Waals surface area contributed by atoms with Crippen LogP contribution in [0.1, 0.15) is 32.8 Å². The van der Waals surface area contributed by atoms with Crippen LogP contribution in [0.2, 0.25) is 0 Å². The summed E-state index contributed by atoms with van der Waals surface area (Å²) in [5.41, 5.74) is 6.67. The first kappa shape index (κ1) is 22.6. The maximum Gasteiger partial charge on any atom is 0.328 e. The second kappa shape index (κ2) is 10.6. The van der Waals surface area contributed by atoms with Gasteiger partial charge in [-0.3, -0.25) is 9.59 Å². The average molecular weight is 379 g/mol. The zero-order chi connectivity index (χ0) is 20.6. The van der Waals surface area contributed by atoms with E-state index < -0.39 is 42.0 Å². The summed E-state index contributed by atoms with van der Waals surface area (Å²) >= 11 is 0. The second-order valence-corrected chi connectivity index (χ2v) is 7.05. The summed E-state index contributed by atoms with van der Waals surface area (Å²) in [7, 11) is 0. The van der Waals surface area contributed by atoms with Crippen LogP contribution in [0.4, 0.5) is 0 Å². The molecule has 1 rings (SSSR count). The van der Waals surface area contributed by atoms with E-state index in [1.165, 1.54) is 6.92 Å². The number of hydrogen-bond acceptors (Lipinski definition) is 5. The van der Waals surface area contributed by atoms with Gasteiger partial charge in [-0.2, -0.15) is 0 Å². The smallest absolute Gasteiger partial charge is 0.328 e. The van der Waals surface area contributed by atoms with Crippen molar-refractivity contribution in [2.75, 3.05) is 0 Å². The number of aliphatic carboxylic acids is 1. The Kier molecular flexibility index (Phi) is 8.90. The van der Waals surface area contributed by atoms with Crippen LogP contribution in [-0.4, -0.2) is 52.2 Å². The van der Waals surface area contributed by atoms with Crippen LogP contribution < -0.4 is 16.4 Å². The summed E-state index contributed by atoms with van der Waals surface area (Å²) in [4.78, 5) is 36.2. The summed E-state index contributed by atoms with van der Waals surface area (Å²) in [6.07, 6.45) is -0.668. The molecular formula is C19H29N3O5. The minimum atomic E-state index is -1.47. The number of carboxylic acid groups (broad SMARTS) is 1. The van der Waals surface area contributed by atoms with E-state index in [4.69, 9.17) is 10.8 Å². The van der Waals surface area contributed by atoms with E-state index in [0.717, 1.165) is 5.56 Å². The predicted octanol–water partition coefficient (Wildman–Crippen LogP) is 0.0375. The van der Waals surface area contributed by atoms with Gasteiger partial charge in [0, 0.05) is 6.42 Å². The van der Waals surface area contributed by atoms with Crippen molar-refractivity contribution in [2.24, 2.45) is 11.7 Å². The Morgan fingerprint density at radius 1 is 1.04 bits per heavy atom. The molecule has 4 atom stereocenters. The minimum Gasteiger partial charge on any atom is -0.480 e. The SMILES string of the molecule is CC(C)CC(N)C(=O)NC(Cc1ccccc1)C(=O)NC(C(=O)O)C(C)O. The number of carbonyl (C=O) groups is 3. The first-order valence-electron chi connectivity index (χ1n) is 8.93. The molecule has 1 aromatic carbocycles. The average Bonchev–Trinajstić information content (AvgIpc) is 2.58. The van der Waals surface area contributed by atoms with Crippen molar-refractivity contribution in [2.45, 2.75) is 57.8 Å². The highest BCUT2D eigenvalue weighted by Gasteiger charge is 2.30. The third-order valence-electron chi connectivity index (χ3n) is 4.02. The Bertz CT molecular complexity index is 633. The number of hydrogen-bond donors (Lipinski definition) is 5. The van der Waals surface area contributed by atoms with E-state index in [2.05, 4.69) is 10.6 Å². The molecule has 0 aliphatic rings. The highest BCUT2D eigenvalue weighted by atomic mass is 16.4. The van der Waals surface area contributed by atoms with Crippen LogP contribution in [0.5, 0.6) is 0 Å². The van der Waals surface area contributed by atoms with Gasteiger partial charge in [-0.1, -0.05) is 44.2 Å². The number of aliphatic hydroxyl groups excluding tert-OH is 1. The molecule has 0 aromatic heterocycles. The van der Waals surface area contributed by atoms with Crippen molar-refractivity contribution in [3.05, 3.63) is 35.9 Å². The fourth-order valence-electron chi connectivity index (χ4n) is 2.60. The van der Waals surface area contributed by atoms with E-state index in [9.17, 15) is 19.5 Å². The van der Waals surface area contributed by atoms with Crippen LogP contribution in [-0.2, 0) is 20.8 Å². The number of benzene rings is 1. The van der Waals surface area contributed by atoms with Crippen LogP contribution in [0.15, 0.2) is 30.3 Å². The maximum absolute atomic E-state index is 12.6. The zero-order valence-corrected chi connectivity index (χ0v) is 15.9. The minimum absolute atomic E-state index is 0.166. The molecule has 2 amide bonds. The molecule has 0 bridgehead atoms. The molecule has 1 aromatic rings. The van der Waals surface area contributed by atoms with E-state index in [1.54, 1.807) is 24.3 Å². The molecule has 0 radical (unpaired) electrons. The first-order valence-corrected chi connectivity index (χ1v) is 8.93. The summed E-state index contributed by atoms with van der Waals surface area (Å²) < 4.78 is 0. The molecule has 8 nitrogen and oxygen atoms in total. The van der Waals surface area contributed by atoms with Gasteiger partial charge < -0.3 is 26.6 Å². The lowest BCUT2D eigenvalue weighted by Gasteiger charge is -2.24. The van der Waals surface area contributed by atoms with E-state index >= 15 is 0 Å². The molecule has 8 heteroatoms. The lowest BCUT2D eigenvalue weighted by molar-refractivity contribution is -0.145. The van der Waals surface area contributed by atoms with Gasteiger partial charge in [0.25, 0.3) is 0 Å². The Balaban J connectivity index is 2.94. The fraction of sp³-hybridized carbons (Fsp3) is 0.526. The quantitative estimate of drug-likeness (QED) is 0.388. The van der Waals surface area contributed by atoms with E-state index in [0.29, 0.717) is 6.42 Å². The summed E-state index contributed by atoms with van der Waals surface area (Å²) in [6.45, 7) is 5.13. The standard InChI is InChI=1S/C19H29N3O5/c1-11(2)9-14(20)17(24)21-15(10-13-7-5-4-6-8-13)18(25)22-16(12(3)23)19(26)27/h4-8,11-12,14-16,23H,9-10,20H2,1-3H3,(H,21,24)(H,22,25)(H,26,27). The van der Waals surface area contributed by atoms with Gasteiger partial charge in [0.15, 0.2) is 6.04 Å². The Hall–Kier alpha value is -2.45. The highest BCUT2D eigenvalue weighted by molar-refractivity contribution is 5.92. The molecule has 4 unspecified atom stereocenters. The molecule has 0 spiro atoms. The van der Waals surface area contributed by atoms with Crippen LogP contribution >= 0.6 is 0 Å². The molecule has 0 saturated heterocycles. The van der Waals surface area contributed by atoms with Gasteiger partial charge in [0.05, 0.1) is 12.1 Å². The fourth-order valence-corrected chi connectivity index (χ4v) is 2.60. The molecule has 150 valence electrons. The Labute approximate surface area is 159 Å². The number of carbonyl (C=O) groups excluding carboxylic acids is 2. The second-order valence-electron chi connectivity index (χ2n) is 7.05. The normalized spacial score (nSPS) is 15.5. The summed E-state index contributed by atoms with van der Waals surface area (Å²) in [5, 5.41) is 23.6. The molecule has 0 aliphatic heterocycles. The number of nitrogens with one attached hydrogen (secondary N) is 2. The molecule has 0 saturated carbocycles. The summed E-state index contributed by atoms with van der Waals surface area (Å²) in [6, 6.07) is 5.75.